The summed E-state index contributed by atoms with van der Waals surface area (Å²) in [5.74, 6) is 2.79. The van der Waals surface area contributed by atoms with E-state index in [-0.39, 0.29) is 29.8 Å². The topological polar surface area (TPSA) is 35.5 Å². The van der Waals surface area contributed by atoms with Crippen LogP contribution in [0.5, 0.6) is 0 Å². The zero-order valence-electron chi connectivity index (χ0n) is 13.1. The van der Waals surface area contributed by atoms with Gasteiger partial charge in [0.05, 0.1) is 30.7 Å². The predicted molar refractivity (Wildman–Crippen MR) is 91.0 cm³/mol. The molecule has 0 spiro atoms. The average molecular weight is 328 g/mol. The van der Waals surface area contributed by atoms with E-state index in [4.69, 9.17) is 9.47 Å². The van der Waals surface area contributed by atoms with Gasteiger partial charge in [-0.25, -0.2) is 0 Å². The molecule has 3 aliphatic rings. The normalized spacial score (nSPS) is 31.1. The minimum absolute atomic E-state index is 0.0205. The lowest BCUT2D eigenvalue weighted by Gasteiger charge is -2.19. The molecule has 0 N–H and O–H groups in total. The van der Waals surface area contributed by atoms with Gasteiger partial charge in [0, 0.05) is 17.1 Å². The molecule has 0 unspecified atom stereocenters. The summed E-state index contributed by atoms with van der Waals surface area (Å²) >= 11 is 1.78. The molecule has 2 heterocycles. The summed E-state index contributed by atoms with van der Waals surface area (Å²) in [4.78, 5) is 12.8. The van der Waals surface area contributed by atoms with E-state index in [9.17, 15) is 4.79 Å². The molecule has 2 aliphatic heterocycles. The van der Waals surface area contributed by atoms with Crippen molar-refractivity contribution in [3.63, 3.8) is 0 Å². The molecule has 3 nitrogen and oxygen atoms in total. The Labute approximate surface area is 140 Å². The monoisotopic (exact) mass is 328 g/mol. The van der Waals surface area contributed by atoms with Crippen molar-refractivity contribution in [3.8, 4) is 0 Å². The van der Waals surface area contributed by atoms with Gasteiger partial charge < -0.3 is 9.47 Å². The van der Waals surface area contributed by atoms with Gasteiger partial charge in [-0.1, -0.05) is 42.5 Å². The molecule has 0 radical (unpaired) electrons. The minimum atomic E-state index is -0.0566. The summed E-state index contributed by atoms with van der Waals surface area (Å²) < 4.78 is 11.7. The molecule has 23 heavy (non-hydrogen) atoms. The van der Waals surface area contributed by atoms with Gasteiger partial charge in [-0.3, -0.25) is 4.79 Å². The van der Waals surface area contributed by atoms with E-state index in [1.165, 1.54) is 5.56 Å². The molecular formula is C19H20O3S. The molecule has 4 atom stereocenters. The van der Waals surface area contributed by atoms with Crippen LogP contribution in [0.15, 0.2) is 53.8 Å². The summed E-state index contributed by atoms with van der Waals surface area (Å²) in [6, 6.07) is 10.4. The number of fused-ring (bicyclic) bond motifs is 5. The number of hydrogen-bond donors (Lipinski definition) is 0. The van der Waals surface area contributed by atoms with Crippen LogP contribution >= 0.6 is 11.8 Å². The van der Waals surface area contributed by atoms with Crippen LogP contribution in [-0.4, -0.2) is 30.4 Å². The molecular weight excluding hydrogens is 308 g/mol. The summed E-state index contributed by atoms with van der Waals surface area (Å²) in [7, 11) is 0. The zero-order valence-corrected chi connectivity index (χ0v) is 13.9. The molecule has 0 amide bonds. The highest BCUT2D eigenvalue weighted by atomic mass is 32.2. The van der Waals surface area contributed by atoms with Gasteiger partial charge in [-0.05, 0) is 12.5 Å². The van der Waals surface area contributed by atoms with E-state index in [1.807, 2.05) is 31.2 Å². The van der Waals surface area contributed by atoms with Gasteiger partial charge >= 0.3 is 0 Å². The van der Waals surface area contributed by atoms with Gasteiger partial charge in [-0.2, -0.15) is 11.8 Å². The number of rotatable bonds is 6. The van der Waals surface area contributed by atoms with E-state index < -0.39 is 0 Å². The third kappa shape index (κ3) is 2.54. The van der Waals surface area contributed by atoms with Gasteiger partial charge in [-0.15, -0.1) is 0 Å². The Bertz CT molecular complexity index is 664. The van der Waals surface area contributed by atoms with Crippen molar-refractivity contribution in [1.82, 2.24) is 0 Å². The van der Waals surface area contributed by atoms with Crippen molar-refractivity contribution in [2.45, 2.75) is 24.9 Å². The van der Waals surface area contributed by atoms with Crippen LogP contribution in [0.25, 0.3) is 0 Å². The van der Waals surface area contributed by atoms with Gasteiger partial charge in [0.15, 0.2) is 5.78 Å². The summed E-state index contributed by atoms with van der Waals surface area (Å²) in [5.41, 5.74) is 2.16. The number of ketones is 1. The van der Waals surface area contributed by atoms with E-state index in [0.29, 0.717) is 6.61 Å². The van der Waals surface area contributed by atoms with Crippen molar-refractivity contribution in [3.05, 3.63) is 59.4 Å². The maximum atomic E-state index is 12.8. The summed E-state index contributed by atoms with van der Waals surface area (Å²) in [6.07, 6.45) is 4.09. The first-order valence-corrected chi connectivity index (χ1v) is 9.30. The number of Topliss-reactive ketones (excluding diaryl/α,β-unsaturated/α-hetero) is 1. The molecule has 1 aromatic rings. The average Bonchev–Trinajstić information content (AvgIpc) is 3.25. The summed E-state index contributed by atoms with van der Waals surface area (Å²) in [6.45, 7) is 2.57. The quantitative estimate of drug-likeness (QED) is 0.750. The first-order valence-electron chi connectivity index (χ1n) is 8.15. The maximum Gasteiger partial charge on any atom is 0.169 e. The standard InChI is InChI=1S/C19H20O3S/c1-2-21-19-13(11-23-10-12-6-4-3-5-7-12)18(20)16-14-8-9-15(22-14)17(16)19/h3-9,14-17H,2,10-11H2,1H3/t14-,15+,16-,17+/m0/s1. The first kappa shape index (κ1) is 15.0. The van der Waals surface area contributed by atoms with Gasteiger partial charge in [0.25, 0.3) is 0 Å². The second kappa shape index (κ2) is 6.17. The highest BCUT2D eigenvalue weighted by molar-refractivity contribution is 7.98. The van der Waals surface area contributed by atoms with E-state index >= 15 is 0 Å². The Morgan fingerprint density at radius 2 is 1.83 bits per heavy atom. The Hall–Kier alpha value is -1.52. The zero-order chi connectivity index (χ0) is 15.8. The smallest absolute Gasteiger partial charge is 0.169 e. The third-order valence-corrected chi connectivity index (χ3v) is 5.79. The minimum Gasteiger partial charge on any atom is -0.497 e. The molecule has 1 saturated heterocycles. The van der Waals surface area contributed by atoms with E-state index in [0.717, 1.165) is 22.8 Å². The fourth-order valence-corrected chi connectivity index (χ4v) is 4.80. The molecule has 4 heteroatoms. The SMILES string of the molecule is CCOC1=C(CSCc2ccccc2)C(=O)[C@@H]2[C@H]1[C@H]1C=C[C@@H]2O1. The molecule has 1 aromatic carbocycles. The first-order chi connectivity index (χ1) is 11.3. The van der Waals surface area contributed by atoms with Crippen LogP contribution in [0, 0.1) is 11.8 Å². The lowest BCUT2D eigenvalue weighted by atomic mass is 9.84. The van der Waals surface area contributed by atoms with Crippen molar-refractivity contribution in [1.29, 1.82) is 0 Å². The number of carbonyl (C=O) groups is 1. The Morgan fingerprint density at radius 3 is 2.57 bits per heavy atom. The van der Waals surface area contributed by atoms with Gasteiger partial charge in [0.2, 0.25) is 0 Å². The van der Waals surface area contributed by atoms with Crippen LogP contribution in [0.3, 0.4) is 0 Å². The summed E-state index contributed by atoms with van der Waals surface area (Å²) in [5, 5.41) is 0. The maximum absolute atomic E-state index is 12.8. The highest BCUT2D eigenvalue weighted by Crippen LogP contribution is 2.50. The van der Waals surface area contributed by atoms with Crippen LogP contribution in [-0.2, 0) is 20.0 Å². The van der Waals surface area contributed by atoms with E-state index in [2.05, 4.69) is 18.2 Å². The van der Waals surface area contributed by atoms with Crippen molar-refractivity contribution >= 4 is 17.5 Å². The van der Waals surface area contributed by atoms with Crippen LogP contribution < -0.4 is 0 Å². The number of benzene rings is 1. The second-order valence-electron chi connectivity index (χ2n) is 6.12. The molecule has 1 fully saturated rings. The Kier molecular flexibility index (Phi) is 4.04. The van der Waals surface area contributed by atoms with Gasteiger partial charge in [0.1, 0.15) is 5.76 Å². The largest absolute Gasteiger partial charge is 0.497 e. The number of thioether (sulfide) groups is 1. The molecule has 0 saturated carbocycles. The Balaban J connectivity index is 1.50. The lowest BCUT2D eigenvalue weighted by molar-refractivity contribution is -0.119. The van der Waals surface area contributed by atoms with Crippen LogP contribution in [0.2, 0.25) is 0 Å². The molecule has 120 valence electrons. The van der Waals surface area contributed by atoms with Crippen LogP contribution in [0.4, 0.5) is 0 Å². The molecule has 4 rings (SSSR count). The van der Waals surface area contributed by atoms with Crippen LogP contribution in [0.1, 0.15) is 12.5 Å². The number of ether oxygens (including phenoxy) is 2. The van der Waals surface area contributed by atoms with Crippen molar-refractivity contribution < 1.29 is 14.3 Å². The highest BCUT2D eigenvalue weighted by Gasteiger charge is 2.57. The number of hydrogen-bond acceptors (Lipinski definition) is 4. The van der Waals surface area contributed by atoms with Crippen molar-refractivity contribution in [2.75, 3.05) is 12.4 Å². The molecule has 0 aromatic heterocycles. The Morgan fingerprint density at radius 1 is 1.09 bits per heavy atom. The lowest BCUT2D eigenvalue weighted by Crippen LogP contribution is -2.27. The predicted octanol–water partition coefficient (Wildman–Crippen LogP) is 3.36. The molecule has 2 bridgehead atoms. The second-order valence-corrected chi connectivity index (χ2v) is 7.11. The number of carbonyl (C=O) groups excluding carboxylic acids is 1. The van der Waals surface area contributed by atoms with Crippen molar-refractivity contribution in [2.24, 2.45) is 11.8 Å². The third-order valence-electron chi connectivity index (χ3n) is 4.76. The molecule has 1 aliphatic carbocycles. The van der Waals surface area contributed by atoms with E-state index in [1.54, 1.807) is 11.8 Å². The fourth-order valence-electron chi connectivity index (χ4n) is 3.78. The fraction of sp³-hybridized carbons (Fsp3) is 0.421.